The average Bonchev–Trinajstić information content (AvgIpc) is 3.40. The number of fused-ring (bicyclic) bond motifs is 6. The molecule has 0 amide bonds. The number of benzene rings is 11. The molecule has 0 saturated heterocycles. The van der Waals surface area contributed by atoms with Crippen molar-refractivity contribution in [3.63, 3.8) is 0 Å². The van der Waals surface area contributed by atoms with E-state index in [0.717, 1.165) is 66.4 Å². The van der Waals surface area contributed by atoms with E-state index in [9.17, 15) is 5.26 Å². The van der Waals surface area contributed by atoms with Gasteiger partial charge in [-0.3, -0.25) is 0 Å². The first-order valence-corrected chi connectivity index (χ1v) is 22.2. The summed E-state index contributed by atoms with van der Waals surface area (Å²) in [6.45, 7) is 0. The number of aromatic nitrogens is 3. The van der Waals surface area contributed by atoms with Crippen LogP contribution in [0, 0.1) is 11.3 Å². The van der Waals surface area contributed by atoms with Crippen LogP contribution in [0.2, 0.25) is 0 Å². The van der Waals surface area contributed by atoms with E-state index in [4.69, 9.17) is 15.0 Å². The standard InChI is InChI=1S/C62H38N4/c63-39-45-22-13-32-56(59(45)44-21-12-20-43(38-44)48-25-8-9-26-49(48)52-31-14-29-50-46-23-6-4-16-40(46)34-36-54(50)52)53-27-10-11-28-57(53)61-64-60(42-18-2-1-3-19-42)65-62(66-61)58-33-15-30-51-47-24-7-5-17-41(47)35-37-55(51)58/h1-38H. The highest BCUT2D eigenvalue weighted by Gasteiger charge is 2.21. The third-order valence-electron chi connectivity index (χ3n) is 12.8. The van der Waals surface area contributed by atoms with Crippen LogP contribution in [0.4, 0.5) is 0 Å². The first-order valence-electron chi connectivity index (χ1n) is 22.2. The second-order valence-corrected chi connectivity index (χ2v) is 16.6. The number of hydrogen-bond acceptors (Lipinski definition) is 4. The van der Waals surface area contributed by atoms with Crippen LogP contribution in [0.1, 0.15) is 5.56 Å². The minimum atomic E-state index is 0.547. The molecule has 0 spiro atoms. The molecule has 4 nitrogen and oxygen atoms in total. The van der Waals surface area contributed by atoms with Gasteiger partial charge in [-0.1, -0.05) is 218 Å². The Morgan fingerprint density at radius 1 is 0.273 bits per heavy atom. The van der Waals surface area contributed by atoms with E-state index in [-0.39, 0.29) is 0 Å². The smallest absolute Gasteiger partial charge is 0.164 e. The van der Waals surface area contributed by atoms with Gasteiger partial charge in [-0.2, -0.15) is 5.26 Å². The largest absolute Gasteiger partial charge is 0.208 e. The van der Waals surface area contributed by atoms with Crippen molar-refractivity contribution >= 4 is 43.1 Å². The van der Waals surface area contributed by atoms with Gasteiger partial charge in [0.25, 0.3) is 0 Å². The van der Waals surface area contributed by atoms with Crippen molar-refractivity contribution in [3.8, 4) is 84.7 Å². The monoisotopic (exact) mass is 838 g/mol. The Bertz CT molecular complexity index is 3900. The lowest BCUT2D eigenvalue weighted by Gasteiger charge is -2.18. The van der Waals surface area contributed by atoms with Gasteiger partial charge in [0, 0.05) is 22.3 Å². The van der Waals surface area contributed by atoms with Crippen molar-refractivity contribution in [1.82, 2.24) is 15.0 Å². The van der Waals surface area contributed by atoms with Gasteiger partial charge in [-0.15, -0.1) is 0 Å². The zero-order valence-corrected chi connectivity index (χ0v) is 35.7. The van der Waals surface area contributed by atoms with Crippen molar-refractivity contribution in [2.45, 2.75) is 0 Å². The highest BCUT2D eigenvalue weighted by atomic mass is 15.0. The van der Waals surface area contributed by atoms with Crippen molar-refractivity contribution in [3.05, 3.63) is 236 Å². The minimum absolute atomic E-state index is 0.547. The fourth-order valence-corrected chi connectivity index (χ4v) is 9.75. The molecule has 4 heteroatoms. The molecule has 0 bridgehead atoms. The van der Waals surface area contributed by atoms with Crippen LogP contribution < -0.4 is 0 Å². The van der Waals surface area contributed by atoms with E-state index in [1.807, 2.05) is 54.6 Å². The molecule has 0 aliphatic rings. The summed E-state index contributed by atoms with van der Waals surface area (Å²) in [5, 5.41) is 20.3. The fraction of sp³-hybridized carbons (Fsp3) is 0. The first-order chi connectivity index (χ1) is 32.7. The van der Waals surface area contributed by atoms with Crippen LogP contribution in [0.15, 0.2) is 231 Å². The minimum Gasteiger partial charge on any atom is -0.208 e. The summed E-state index contributed by atoms with van der Waals surface area (Å²) in [5.74, 6) is 1.72. The molecule has 0 saturated carbocycles. The topological polar surface area (TPSA) is 62.5 Å². The molecule has 306 valence electrons. The molecule has 0 aliphatic heterocycles. The summed E-state index contributed by atoms with van der Waals surface area (Å²) in [6, 6.07) is 82.8. The predicted molar refractivity (Wildman–Crippen MR) is 273 cm³/mol. The van der Waals surface area contributed by atoms with E-state index >= 15 is 0 Å². The van der Waals surface area contributed by atoms with Crippen LogP contribution in [0.5, 0.6) is 0 Å². The van der Waals surface area contributed by atoms with Gasteiger partial charge in [-0.05, 0) is 94.2 Å². The molecule has 0 radical (unpaired) electrons. The lowest BCUT2D eigenvalue weighted by atomic mass is 9.86. The molecule has 66 heavy (non-hydrogen) atoms. The number of hydrogen-bond donors (Lipinski definition) is 0. The van der Waals surface area contributed by atoms with Crippen LogP contribution >= 0.6 is 0 Å². The summed E-state index contributed by atoms with van der Waals surface area (Å²) >= 11 is 0. The fourth-order valence-electron chi connectivity index (χ4n) is 9.75. The molecule has 0 N–H and O–H groups in total. The van der Waals surface area contributed by atoms with Gasteiger partial charge < -0.3 is 0 Å². The summed E-state index contributed by atoms with van der Waals surface area (Å²) in [5.41, 5.74) is 11.4. The van der Waals surface area contributed by atoms with Crippen LogP contribution in [-0.4, -0.2) is 15.0 Å². The Balaban J connectivity index is 1.02. The zero-order valence-electron chi connectivity index (χ0n) is 35.7. The van der Waals surface area contributed by atoms with E-state index in [1.54, 1.807) is 0 Å². The summed E-state index contributed by atoms with van der Waals surface area (Å²) in [6.07, 6.45) is 0. The molecule has 12 rings (SSSR count). The third kappa shape index (κ3) is 6.66. The van der Waals surface area contributed by atoms with Crippen LogP contribution in [-0.2, 0) is 0 Å². The predicted octanol–water partition coefficient (Wildman–Crippen LogP) is 16.0. The maximum atomic E-state index is 10.8. The number of rotatable bonds is 7. The maximum absolute atomic E-state index is 10.8. The Morgan fingerprint density at radius 3 is 1.42 bits per heavy atom. The van der Waals surface area contributed by atoms with Gasteiger partial charge in [0.05, 0.1) is 11.6 Å². The molecule has 11 aromatic carbocycles. The molecule has 12 aromatic rings. The van der Waals surface area contributed by atoms with E-state index in [2.05, 4.69) is 182 Å². The van der Waals surface area contributed by atoms with Crippen LogP contribution in [0.3, 0.4) is 0 Å². The third-order valence-corrected chi connectivity index (χ3v) is 12.8. The summed E-state index contributed by atoms with van der Waals surface area (Å²) in [7, 11) is 0. The molecule has 0 aliphatic carbocycles. The molecular formula is C62H38N4. The highest BCUT2D eigenvalue weighted by Crippen LogP contribution is 2.43. The van der Waals surface area contributed by atoms with Crippen molar-refractivity contribution in [2.24, 2.45) is 0 Å². The van der Waals surface area contributed by atoms with Gasteiger partial charge >= 0.3 is 0 Å². The SMILES string of the molecule is N#Cc1cccc(-c2ccccc2-c2nc(-c3ccccc3)nc(-c3cccc4c3ccc3ccccc34)n2)c1-c1cccc(-c2ccccc2-c2cccc3c2ccc2ccccc23)c1. The Hall–Kier alpha value is -9.04. The molecule has 0 unspecified atom stereocenters. The average molecular weight is 839 g/mol. The van der Waals surface area contributed by atoms with Crippen molar-refractivity contribution < 1.29 is 0 Å². The summed E-state index contributed by atoms with van der Waals surface area (Å²) in [4.78, 5) is 15.7. The lowest BCUT2D eigenvalue weighted by molar-refractivity contribution is 1.08. The Kier molecular flexibility index (Phi) is 9.51. The molecule has 1 aromatic heterocycles. The number of nitrogens with zero attached hydrogens (tertiary/aromatic N) is 4. The normalized spacial score (nSPS) is 11.3. The van der Waals surface area contributed by atoms with Crippen molar-refractivity contribution in [2.75, 3.05) is 0 Å². The van der Waals surface area contributed by atoms with Gasteiger partial charge in [0.2, 0.25) is 0 Å². The lowest BCUT2D eigenvalue weighted by Crippen LogP contribution is -2.02. The van der Waals surface area contributed by atoms with E-state index < -0.39 is 0 Å². The highest BCUT2D eigenvalue weighted by molar-refractivity contribution is 6.14. The van der Waals surface area contributed by atoms with Crippen molar-refractivity contribution in [1.29, 1.82) is 5.26 Å². The van der Waals surface area contributed by atoms with Gasteiger partial charge in [-0.25, -0.2) is 15.0 Å². The first kappa shape index (κ1) is 38.6. The second-order valence-electron chi connectivity index (χ2n) is 16.6. The van der Waals surface area contributed by atoms with Crippen LogP contribution in [0.25, 0.3) is 122 Å². The second kappa shape index (κ2) is 16.3. The molecule has 0 fully saturated rings. The summed E-state index contributed by atoms with van der Waals surface area (Å²) < 4.78 is 0. The quantitative estimate of drug-likeness (QED) is 0.150. The Morgan fingerprint density at radius 2 is 0.727 bits per heavy atom. The number of nitriles is 1. The van der Waals surface area contributed by atoms with E-state index in [0.29, 0.717) is 23.0 Å². The Labute approximate surface area is 382 Å². The molecular weight excluding hydrogens is 801 g/mol. The molecule has 0 atom stereocenters. The zero-order chi connectivity index (χ0) is 44.0. The van der Waals surface area contributed by atoms with E-state index in [1.165, 1.54) is 37.9 Å². The molecule has 1 heterocycles. The maximum Gasteiger partial charge on any atom is 0.164 e. The van der Waals surface area contributed by atoms with Gasteiger partial charge in [0.1, 0.15) is 0 Å². The van der Waals surface area contributed by atoms with Gasteiger partial charge in [0.15, 0.2) is 17.5 Å².